The van der Waals surface area contributed by atoms with E-state index in [2.05, 4.69) is 80.8 Å². The summed E-state index contributed by atoms with van der Waals surface area (Å²) in [7, 11) is 0. The molecule has 0 saturated carbocycles. The molecule has 1 aliphatic rings. The SMILES string of the molecule is Cc1cc(C)cc(N2CC(c3nc4ccccc4n3CCCOc3ccc(C)c(C)c3)CC2=O)c1. The summed E-state index contributed by atoms with van der Waals surface area (Å²) in [5.41, 5.74) is 7.94. The molecule has 5 rings (SSSR count). The average Bonchev–Trinajstić information content (AvgIpc) is 3.39. The minimum atomic E-state index is 0.0661. The van der Waals surface area contributed by atoms with Crippen molar-refractivity contribution in [2.75, 3.05) is 18.1 Å². The Morgan fingerprint density at radius 2 is 1.71 bits per heavy atom. The highest BCUT2D eigenvalue weighted by molar-refractivity contribution is 5.96. The lowest BCUT2D eigenvalue weighted by Gasteiger charge is -2.19. The molecule has 1 aromatic heterocycles. The fraction of sp³-hybridized carbons (Fsp3) is 0.333. The molecule has 1 fully saturated rings. The molecule has 1 unspecified atom stereocenters. The van der Waals surface area contributed by atoms with Gasteiger partial charge < -0.3 is 14.2 Å². The molecule has 35 heavy (non-hydrogen) atoms. The number of ether oxygens (including phenoxy) is 1. The van der Waals surface area contributed by atoms with Crippen LogP contribution in [0.3, 0.4) is 0 Å². The Morgan fingerprint density at radius 1 is 0.943 bits per heavy atom. The van der Waals surface area contributed by atoms with Gasteiger partial charge in [-0.1, -0.05) is 24.3 Å². The van der Waals surface area contributed by atoms with Gasteiger partial charge in [-0.2, -0.15) is 0 Å². The molecule has 3 aromatic carbocycles. The smallest absolute Gasteiger partial charge is 0.227 e. The lowest BCUT2D eigenvalue weighted by atomic mass is 10.1. The van der Waals surface area contributed by atoms with E-state index in [-0.39, 0.29) is 11.8 Å². The maximum absolute atomic E-state index is 13.0. The third kappa shape index (κ3) is 4.81. The van der Waals surface area contributed by atoms with Gasteiger partial charge in [-0.05, 0) is 92.8 Å². The Bertz CT molecular complexity index is 1370. The summed E-state index contributed by atoms with van der Waals surface area (Å²) >= 11 is 0. The second-order valence-corrected chi connectivity index (χ2v) is 9.81. The van der Waals surface area contributed by atoms with Crippen molar-refractivity contribution in [1.82, 2.24) is 9.55 Å². The first-order chi connectivity index (χ1) is 16.9. The average molecular weight is 468 g/mol. The number of anilines is 1. The van der Waals surface area contributed by atoms with Crippen molar-refractivity contribution in [2.45, 2.75) is 53.0 Å². The quantitative estimate of drug-likeness (QED) is 0.301. The molecular weight excluding hydrogens is 434 g/mol. The van der Waals surface area contributed by atoms with Gasteiger partial charge in [0, 0.05) is 31.1 Å². The minimum Gasteiger partial charge on any atom is -0.494 e. The van der Waals surface area contributed by atoms with E-state index in [9.17, 15) is 4.79 Å². The standard InChI is InChI=1S/C30H33N3O2/c1-20-14-21(2)16-25(15-20)33-19-24(18-29(33)34)30-31-27-8-5-6-9-28(27)32(30)12-7-13-35-26-11-10-22(3)23(4)17-26/h5-6,8-11,14-17,24H,7,12-13,18-19H2,1-4H3. The van der Waals surface area contributed by atoms with Crippen molar-refractivity contribution >= 4 is 22.6 Å². The number of para-hydroxylation sites is 2. The maximum atomic E-state index is 13.0. The van der Waals surface area contributed by atoms with Crippen LogP contribution in [0, 0.1) is 27.7 Å². The highest BCUT2D eigenvalue weighted by atomic mass is 16.5. The van der Waals surface area contributed by atoms with Crippen molar-refractivity contribution < 1.29 is 9.53 Å². The summed E-state index contributed by atoms with van der Waals surface area (Å²) in [5, 5.41) is 0. The van der Waals surface area contributed by atoms with E-state index < -0.39 is 0 Å². The Morgan fingerprint density at radius 3 is 2.49 bits per heavy atom. The topological polar surface area (TPSA) is 47.4 Å². The lowest BCUT2D eigenvalue weighted by molar-refractivity contribution is -0.117. The normalized spacial score (nSPS) is 15.8. The fourth-order valence-electron chi connectivity index (χ4n) is 5.09. The number of carbonyl (C=O) groups is 1. The van der Waals surface area contributed by atoms with Gasteiger partial charge in [0.15, 0.2) is 0 Å². The Kier molecular flexibility index (Phi) is 6.33. The Labute approximate surface area is 207 Å². The number of benzene rings is 3. The van der Waals surface area contributed by atoms with E-state index in [0.717, 1.165) is 41.3 Å². The van der Waals surface area contributed by atoms with Crippen molar-refractivity contribution in [3.05, 3.63) is 88.7 Å². The maximum Gasteiger partial charge on any atom is 0.227 e. The number of nitrogens with zero attached hydrogens (tertiary/aromatic N) is 3. The zero-order chi connectivity index (χ0) is 24.5. The van der Waals surface area contributed by atoms with Gasteiger partial charge in [-0.15, -0.1) is 0 Å². The first-order valence-corrected chi connectivity index (χ1v) is 12.4. The fourth-order valence-corrected chi connectivity index (χ4v) is 5.09. The summed E-state index contributed by atoms with van der Waals surface area (Å²) < 4.78 is 8.33. The molecule has 1 atom stereocenters. The summed E-state index contributed by atoms with van der Waals surface area (Å²) in [6.07, 6.45) is 1.34. The number of hydrogen-bond donors (Lipinski definition) is 0. The van der Waals surface area contributed by atoms with E-state index in [1.54, 1.807) is 0 Å². The van der Waals surface area contributed by atoms with Crippen LogP contribution in [0.5, 0.6) is 5.75 Å². The summed E-state index contributed by atoms with van der Waals surface area (Å²) in [5.74, 6) is 2.14. The Balaban J connectivity index is 1.35. The van der Waals surface area contributed by atoms with Crippen LogP contribution in [0.1, 0.15) is 46.8 Å². The predicted octanol–water partition coefficient (Wildman–Crippen LogP) is 6.26. The molecule has 2 heterocycles. The molecule has 1 aliphatic heterocycles. The van der Waals surface area contributed by atoms with E-state index >= 15 is 0 Å². The second kappa shape index (κ2) is 9.57. The van der Waals surface area contributed by atoms with Crippen LogP contribution >= 0.6 is 0 Å². The van der Waals surface area contributed by atoms with Gasteiger partial charge >= 0.3 is 0 Å². The molecule has 0 aliphatic carbocycles. The number of aromatic nitrogens is 2. The molecule has 4 aromatic rings. The van der Waals surface area contributed by atoms with Gasteiger partial charge in [0.05, 0.1) is 17.6 Å². The largest absolute Gasteiger partial charge is 0.494 e. The predicted molar refractivity (Wildman–Crippen MR) is 141 cm³/mol. The first kappa shape index (κ1) is 23.2. The zero-order valence-corrected chi connectivity index (χ0v) is 21.0. The van der Waals surface area contributed by atoms with Crippen LogP contribution in [-0.2, 0) is 11.3 Å². The van der Waals surface area contributed by atoms with Crippen LogP contribution in [0.2, 0.25) is 0 Å². The van der Waals surface area contributed by atoms with Crippen LogP contribution in [0.25, 0.3) is 11.0 Å². The molecule has 1 amide bonds. The number of imidazole rings is 1. The van der Waals surface area contributed by atoms with Gasteiger partial charge in [0.2, 0.25) is 5.91 Å². The summed E-state index contributed by atoms with van der Waals surface area (Å²) in [4.78, 5) is 20.0. The van der Waals surface area contributed by atoms with Gasteiger partial charge in [-0.25, -0.2) is 4.98 Å². The van der Waals surface area contributed by atoms with Crippen LogP contribution in [0.4, 0.5) is 5.69 Å². The molecule has 0 spiro atoms. The number of aryl methyl sites for hydroxylation is 5. The number of rotatable bonds is 7. The van der Waals surface area contributed by atoms with Crippen molar-refractivity contribution in [3.8, 4) is 5.75 Å². The lowest BCUT2D eigenvalue weighted by Crippen LogP contribution is -2.24. The van der Waals surface area contributed by atoms with Crippen molar-refractivity contribution in [3.63, 3.8) is 0 Å². The number of fused-ring (bicyclic) bond motifs is 1. The molecule has 5 heteroatoms. The highest BCUT2D eigenvalue weighted by Crippen LogP contribution is 2.34. The number of hydrogen-bond acceptors (Lipinski definition) is 3. The van der Waals surface area contributed by atoms with Crippen molar-refractivity contribution in [1.29, 1.82) is 0 Å². The number of carbonyl (C=O) groups excluding carboxylic acids is 1. The van der Waals surface area contributed by atoms with E-state index in [1.165, 1.54) is 22.3 Å². The van der Waals surface area contributed by atoms with E-state index in [1.807, 2.05) is 17.0 Å². The molecule has 180 valence electrons. The van der Waals surface area contributed by atoms with Gasteiger partial charge in [-0.3, -0.25) is 4.79 Å². The third-order valence-corrected chi connectivity index (χ3v) is 6.97. The van der Waals surface area contributed by atoms with Crippen LogP contribution in [-0.4, -0.2) is 28.6 Å². The first-order valence-electron chi connectivity index (χ1n) is 12.4. The molecule has 0 N–H and O–H groups in total. The van der Waals surface area contributed by atoms with Crippen LogP contribution in [0.15, 0.2) is 60.7 Å². The van der Waals surface area contributed by atoms with Gasteiger partial charge in [0.25, 0.3) is 0 Å². The number of amides is 1. The van der Waals surface area contributed by atoms with Gasteiger partial charge in [0.1, 0.15) is 11.6 Å². The molecule has 1 saturated heterocycles. The zero-order valence-electron chi connectivity index (χ0n) is 21.0. The molecule has 0 bridgehead atoms. The third-order valence-electron chi connectivity index (χ3n) is 6.97. The summed E-state index contributed by atoms with van der Waals surface area (Å²) in [6.45, 7) is 10.5. The monoisotopic (exact) mass is 467 g/mol. The molecule has 5 nitrogen and oxygen atoms in total. The van der Waals surface area contributed by atoms with E-state index in [0.29, 0.717) is 19.6 Å². The second-order valence-electron chi connectivity index (χ2n) is 9.81. The van der Waals surface area contributed by atoms with Crippen molar-refractivity contribution in [2.24, 2.45) is 0 Å². The van der Waals surface area contributed by atoms with E-state index in [4.69, 9.17) is 9.72 Å². The van der Waals surface area contributed by atoms with Crippen LogP contribution < -0.4 is 9.64 Å². The molecular formula is C30H33N3O2. The summed E-state index contributed by atoms with van der Waals surface area (Å²) in [6, 6.07) is 20.8. The Hall–Kier alpha value is -3.60. The molecule has 0 radical (unpaired) electrons. The minimum absolute atomic E-state index is 0.0661. The highest BCUT2D eigenvalue weighted by Gasteiger charge is 2.35.